The van der Waals surface area contributed by atoms with Gasteiger partial charge >= 0.3 is 0 Å². The highest BCUT2D eigenvalue weighted by Crippen LogP contribution is 2.23. The highest BCUT2D eigenvalue weighted by Gasteiger charge is 2.13. The Morgan fingerprint density at radius 3 is 2.68 bits per heavy atom. The topological polar surface area (TPSA) is 76.6 Å². The van der Waals surface area contributed by atoms with Crippen molar-refractivity contribution >= 4 is 11.0 Å². The van der Waals surface area contributed by atoms with E-state index in [4.69, 9.17) is 10.00 Å². The second kappa shape index (κ2) is 4.38. The highest BCUT2D eigenvalue weighted by atomic mass is 16.5. The average Bonchev–Trinajstić information content (AvgIpc) is 2.90. The van der Waals surface area contributed by atoms with Crippen LogP contribution >= 0.6 is 0 Å². The van der Waals surface area contributed by atoms with Gasteiger partial charge in [0.1, 0.15) is 11.5 Å². The van der Waals surface area contributed by atoms with Gasteiger partial charge in [-0.25, -0.2) is 4.68 Å². The number of fused-ring (bicyclic) bond motifs is 1. The van der Waals surface area contributed by atoms with Crippen LogP contribution in [0.15, 0.2) is 36.5 Å². The van der Waals surface area contributed by atoms with Crippen LogP contribution in [0.1, 0.15) is 5.82 Å². The molecule has 92 valence electrons. The Morgan fingerprint density at radius 1 is 1.21 bits per heavy atom. The Morgan fingerprint density at radius 2 is 2.00 bits per heavy atom. The minimum atomic E-state index is 0.0574. The summed E-state index contributed by atoms with van der Waals surface area (Å²) >= 11 is 0. The number of benzene rings is 1. The molecule has 0 N–H and O–H groups in total. The summed E-state index contributed by atoms with van der Waals surface area (Å²) in [4.78, 5) is 8.18. The van der Waals surface area contributed by atoms with Crippen molar-refractivity contribution in [2.45, 2.75) is 0 Å². The summed E-state index contributed by atoms with van der Waals surface area (Å²) in [6.45, 7) is 0. The van der Waals surface area contributed by atoms with E-state index >= 15 is 0 Å². The number of hydrogen-bond acceptors (Lipinski definition) is 5. The molecule has 3 aromatic rings. The molecule has 0 spiro atoms. The summed E-state index contributed by atoms with van der Waals surface area (Å²) < 4.78 is 6.82. The zero-order valence-electron chi connectivity index (χ0n) is 10.1. The van der Waals surface area contributed by atoms with Crippen molar-refractivity contribution in [2.24, 2.45) is 0 Å². The molecule has 6 nitrogen and oxygen atoms in total. The van der Waals surface area contributed by atoms with Crippen molar-refractivity contribution in [1.82, 2.24) is 19.7 Å². The molecule has 0 aliphatic rings. The smallest absolute Gasteiger partial charge is 0.237 e. The lowest BCUT2D eigenvalue weighted by Crippen LogP contribution is -2.00. The van der Waals surface area contributed by atoms with E-state index in [0.29, 0.717) is 16.9 Å². The fourth-order valence-electron chi connectivity index (χ4n) is 1.85. The summed E-state index contributed by atoms with van der Waals surface area (Å²) in [5.74, 6) is 0.408. The van der Waals surface area contributed by atoms with Gasteiger partial charge in [-0.2, -0.15) is 20.3 Å². The maximum atomic E-state index is 8.96. The lowest BCUT2D eigenvalue weighted by atomic mass is 10.3. The Labute approximate surface area is 108 Å². The van der Waals surface area contributed by atoms with Crippen molar-refractivity contribution in [1.29, 1.82) is 5.26 Å². The molecule has 0 aliphatic carbocycles. The van der Waals surface area contributed by atoms with Crippen LogP contribution in [0.2, 0.25) is 0 Å². The van der Waals surface area contributed by atoms with Crippen LogP contribution in [-0.2, 0) is 0 Å². The van der Waals surface area contributed by atoms with Crippen molar-refractivity contribution in [2.75, 3.05) is 7.11 Å². The molecule has 0 atom stereocenters. The number of methoxy groups -OCH3 is 1. The number of nitrogens with zero attached hydrogens (tertiary/aromatic N) is 5. The number of rotatable bonds is 2. The molecule has 2 heterocycles. The first-order valence-corrected chi connectivity index (χ1v) is 5.59. The van der Waals surface area contributed by atoms with Crippen LogP contribution in [0.3, 0.4) is 0 Å². The summed E-state index contributed by atoms with van der Waals surface area (Å²) in [5, 5.41) is 13.9. The summed E-state index contributed by atoms with van der Waals surface area (Å²) in [5.41, 5.74) is 1.41. The Bertz CT molecular complexity index is 773. The summed E-state index contributed by atoms with van der Waals surface area (Å²) in [6.07, 6.45) is 1.63. The van der Waals surface area contributed by atoms with Crippen molar-refractivity contribution in [3.63, 3.8) is 0 Å². The van der Waals surface area contributed by atoms with Gasteiger partial charge in [-0.15, -0.1) is 0 Å². The van der Waals surface area contributed by atoms with Crippen LogP contribution in [0.5, 0.6) is 5.88 Å². The number of hydrogen-bond donors (Lipinski definition) is 0. The molecule has 2 aromatic heterocycles. The normalized spacial score (nSPS) is 10.3. The van der Waals surface area contributed by atoms with E-state index in [-0.39, 0.29) is 5.82 Å². The maximum absolute atomic E-state index is 8.96. The van der Waals surface area contributed by atoms with Crippen LogP contribution in [0.4, 0.5) is 0 Å². The predicted octanol–water partition coefficient (Wildman–Crippen LogP) is 1.70. The molecule has 0 saturated carbocycles. The zero-order chi connectivity index (χ0) is 13.2. The van der Waals surface area contributed by atoms with Gasteiger partial charge in [0.15, 0.2) is 5.65 Å². The molecular formula is C13H9N5O. The monoisotopic (exact) mass is 251 g/mol. The zero-order valence-corrected chi connectivity index (χ0v) is 10.1. The molecule has 6 heteroatoms. The first-order valence-electron chi connectivity index (χ1n) is 5.59. The molecule has 0 fully saturated rings. The third-order valence-electron chi connectivity index (χ3n) is 2.69. The molecule has 0 amide bonds. The highest BCUT2D eigenvalue weighted by molar-refractivity contribution is 5.81. The standard InChI is InChI=1S/C13H9N5O/c1-19-13-10-8-15-18(9-5-3-2-4-6-9)12(10)16-11(7-14)17-13/h2-6,8H,1H3. The van der Waals surface area contributed by atoms with E-state index in [9.17, 15) is 0 Å². The Hall–Kier alpha value is -2.94. The molecule has 1 aromatic carbocycles. The van der Waals surface area contributed by atoms with E-state index < -0.39 is 0 Å². The Balaban J connectivity index is 2.31. The first kappa shape index (κ1) is 11.2. The number of aromatic nitrogens is 4. The molecule has 0 aliphatic heterocycles. The lowest BCUT2D eigenvalue weighted by molar-refractivity contribution is 0.402. The minimum absolute atomic E-state index is 0.0574. The number of nitriles is 1. The maximum Gasteiger partial charge on any atom is 0.237 e. The second-order valence-electron chi connectivity index (χ2n) is 3.80. The minimum Gasteiger partial charge on any atom is -0.480 e. The first-order chi connectivity index (χ1) is 9.33. The molecule has 0 unspecified atom stereocenters. The largest absolute Gasteiger partial charge is 0.480 e. The third-order valence-corrected chi connectivity index (χ3v) is 2.69. The lowest BCUT2D eigenvalue weighted by Gasteiger charge is -2.03. The van der Waals surface area contributed by atoms with Crippen LogP contribution in [-0.4, -0.2) is 26.9 Å². The van der Waals surface area contributed by atoms with E-state index in [2.05, 4.69) is 15.1 Å². The average molecular weight is 251 g/mol. The quantitative estimate of drug-likeness (QED) is 0.692. The van der Waals surface area contributed by atoms with Gasteiger partial charge in [0.05, 0.1) is 19.0 Å². The van der Waals surface area contributed by atoms with Crippen LogP contribution in [0.25, 0.3) is 16.7 Å². The molecule has 0 bridgehead atoms. The molecular weight excluding hydrogens is 242 g/mol. The Kier molecular flexibility index (Phi) is 2.58. The van der Waals surface area contributed by atoms with Gasteiger partial charge in [0.2, 0.25) is 11.7 Å². The number of ether oxygens (including phenoxy) is 1. The second-order valence-corrected chi connectivity index (χ2v) is 3.80. The fraction of sp³-hybridized carbons (Fsp3) is 0.0769. The number of para-hydroxylation sites is 1. The SMILES string of the molecule is COc1nc(C#N)nc2c1cnn2-c1ccccc1. The van der Waals surface area contributed by atoms with Crippen LogP contribution in [0, 0.1) is 11.3 Å². The predicted molar refractivity (Wildman–Crippen MR) is 67.9 cm³/mol. The van der Waals surface area contributed by atoms with Gasteiger partial charge in [0, 0.05) is 0 Å². The van der Waals surface area contributed by atoms with E-state index in [1.54, 1.807) is 10.9 Å². The van der Waals surface area contributed by atoms with Crippen LogP contribution < -0.4 is 4.74 Å². The van der Waals surface area contributed by atoms with Gasteiger partial charge in [-0.1, -0.05) is 18.2 Å². The van der Waals surface area contributed by atoms with Gasteiger partial charge in [-0.3, -0.25) is 0 Å². The van der Waals surface area contributed by atoms with Crippen molar-refractivity contribution in [3.05, 3.63) is 42.4 Å². The molecule has 19 heavy (non-hydrogen) atoms. The van der Waals surface area contributed by atoms with E-state index in [0.717, 1.165) is 5.69 Å². The van der Waals surface area contributed by atoms with Crippen molar-refractivity contribution < 1.29 is 4.74 Å². The molecule has 3 rings (SSSR count). The summed E-state index contributed by atoms with van der Waals surface area (Å²) in [6, 6.07) is 11.5. The van der Waals surface area contributed by atoms with Gasteiger partial charge in [-0.05, 0) is 12.1 Å². The van der Waals surface area contributed by atoms with Gasteiger partial charge in [0.25, 0.3) is 0 Å². The third kappa shape index (κ3) is 1.77. The van der Waals surface area contributed by atoms with E-state index in [1.165, 1.54) is 7.11 Å². The molecule has 0 radical (unpaired) electrons. The van der Waals surface area contributed by atoms with Crippen molar-refractivity contribution in [3.8, 4) is 17.6 Å². The fourth-order valence-corrected chi connectivity index (χ4v) is 1.85. The molecule has 0 saturated heterocycles. The van der Waals surface area contributed by atoms with E-state index in [1.807, 2.05) is 36.4 Å². The summed E-state index contributed by atoms with van der Waals surface area (Å²) in [7, 11) is 1.50. The van der Waals surface area contributed by atoms with Gasteiger partial charge < -0.3 is 4.74 Å².